The number of anilines is 1. The highest BCUT2D eigenvalue weighted by atomic mass is 32.1. The number of azo groups is 1. The van der Waals surface area contributed by atoms with Crippen LogP contribution in [0.1, 0.15) is 42.9 Å². The van der Waals surface area contributed by atoms with Gasteiger partial charge in [-0.25, -0.2) is 9.80 Å². The molecule has 2 fully saturated rings. The average molecular weight is 536 g/mol. The van der Waals surface area contributed by atoms with Crippen LogP contribution in [-0.4, -0.2) is 92.1 Å². The molecule has 1 aromatic heterocycles. The Bertz CT molecular complexity index is 1360. The Labute approximate surface area is 224 Å². The number of amides is 3. The van der Waals surface area contributed by atoms with Gasteiger partial charge in [0.05, 0.1) is 39.8 Å². The van der Waals surface area contributed by atoms with Crippen molar-refractivity contribution in [1.29, 1.82) is 0 Å². The van der Waals surface area contributed by atoms with E-state index in [4.69, 9.17) is 4.74 Å². The molecule has 4 heterocycles. The summed E-state index contributed by atoms with van der Waals surface area (Å²) in [5, 5.41) is 13.4. The fourth-order valence-electron chi connectivity index (χ4n) is 5.33. The first-order chi connectivity index (χ1) is 18.4. The van der Waals surface area contributed by atoms with E-state index in [-0.39, 0.29) is 11.7 Å². The number of hydrazine groups is 1. The van der Waals surface area contributed by atoms with Gasteiger partial charge in [0.25, 0.3) is 5.91 Å². The third-order valence-electron chi connectivity index (χ3n) is 7.41. The number of carbonyl (C=O) groups excluding carboxylic acids is 3. The molecule has 4 aliphatic rings. The van der Waals surface area contributed by atoms with Crippen LogP contribution in [0.4, 0.5) is 10.5 Å². The van der Waals surface area contributed by atoms with Crippen molar-refractivity contribution in [1.82, 2.24) is 20.2 Å². The smallest absolute Gasteiger partial charge is 0.333 e. The second-order valence-electron chi connectivity index (χ2n) is 9.97. The van der Waals surface area contributed by atoms with Crippen LogP contribution in [0.2, 0.25) is 0 Å². The summed E-state index contributed by atoms with van der Waals surface area (Å²) in [4.78, 5) is 44.8. The van der Waals surface area contributed by atoms with Crippen molar-refractivity contribution in [3.63, 3.8) is 0 Å². The number of rotatable bonds is 5. The van der Waals surface area contributed by atoms with Gasteiger partial charge in [-0.2, -0.15) is 10.2 Å². The molecule has 2 atom stereocenters. The lowest BCUT2D eigenvalue weighted by Gasteiger charge is -2.27. The number of nitrogens with one attached hydrogen (secondary N) is 2. The van der Waals surface area contributed by atoms with Crippen molar-refractivity contribution in [3.8, 4) is 0 Å². The molecule has 0 saturated carbocycles. The number of benzene rings is 1. The number of fused-ring (bicyclic) bond motifs is 3. The first-order valence-electron chi connectivity index (χ1n) is 12.7. The van der Waals surface area contributed by atoms with Gasteiger partial charge in [-0.1, -0.05) is 12.1 Å². The molecule has 2 N–H and O–H groups in total. The van der Waals surface area contributed by atoms with E-state index < -0.39 is 12.1 Å². The third kappa shape index (κ3) is 4.43. The fraction of sp³-hybridized carbons (Fsp3) is 0.423. The summed E-state index contributed by atoms with van der Waals surface area (Å²) in [7, 11) is 4.07. The van der Waals surface area contributed by atoms with E-state index in [9.17, 15) is 14.4 Å². The minimum absolute atomic E-state index is 0.00138. The quantitative estimate of drug-likeness (QED) is 0.608. The van der Waals surface area contributed by atoms with Crippen LogP contribution in [0.3, 0.4) is 0 Å². The summed E-state index contributed by atoms with van der Waals surface area (Å²) in [6.45, 7) is 3.72. The maximum absolute atomic E-state index is 13.7. The monoisotopic (exact) mass is 535 g/mol. The van der Waals surface area contributed by atoms with Gasteiger partial charge in [0.15, 0.2) is 5.78 Å². The van der Waals surface area contributed by atoms with E-state index in [0.717, 1.165) is 17.8 Å². The lowest BCUT2D eigenvalue weighted by atomic mass is 10.1. The number of ketones is 1. The minimum atomic E-state index is -0.516. The van der Waals surface area contributed by atoms with Crippen molar-refractivity contribution in [2.45, 2.75) is 18.5 Å². The molecule has 0 radical (unpaired) electrons. The number of thiophene rings is 1. The number of likely N-dealkylation sites (N-methyl/N-ethyl adjacent to an activating group) is 1. The molecule has 11 nitrogen and oxygen atoms in total. The van der Waals surface area contributed by atoms with E-state index in [1.54, 1.807) is 23.2 Å². The zero-order chi connectivity index (χ0) is 26.4. The summed E-state index contributed by atoms with van der Waals surface area (Å²) >= 11 is 1.33. The largest absolute Gasteiger partial charge is 0.379 e. The summed E-state index contributed by atoms with van der Waals surface area (Å²) in [5.74, 6) is -0.205. The Morgan fingerprint density at radius 3 is 2.71 bits per heavy atom. The van der Waals surface area contributed by atoms with Crippen LogP contribution >= 0.6 is 11.3 Å². The van der Waals surface area contributed by atoms with Gasteiger partial charge in [-0.15, -0.1) is 11.3 Å². The standard InChI is InChI=1S/C26H29N7O4S/c1-31(2)15-8-9-32(14-15)25(35)19-7-6-18(38-19)23-21-22(28-29-23)16-4-3-5-17(20(16)24(21)34)27-26(36)30-33-10-12-37-13-11-33/h3-7,15,22H,8-14H2,1-2H3,(H2,27,30,36). The molecule has 12 heteroatoms. The number of ether oxygens (including phenoxy) is 1. The highest BCUT2D eigenvalue weighted by molar-refractivity contribution is 7.15. The normalized spacial score (nSPS) is 22.8. The van der Waals surface area contributed by atoms with E-state index >= 15 is 0 Å². The Hall–Kier alpha value is -3.45. The average Bonchev–Trinajstić information content (AvgIpc) is 3.70. The van der Waals surface area contributed by atoms with Crippen LogP contribution < -0.4 is 10.7 Å². The Balaban J connectivity index is 1.22. The summed E-state index contributed by atoms with van der Waals surface area (Å²) < 4.78 is 5.31. The highest BCUT2D eigenvalue weighted by Gasteiger charge is 2.43. The first kappa shape index (κ1) is 24.9. The van der Waals surface area contributed by atoms with Crippen LogP contribution in [0.15, 0.2) is 46.1 Å². The lowest BCUT2D eigenvalue weighted by Crippen LogP contribution is -2.49. The minimum Gasteiger partial charge on any atom is -0.379 e. The predicted molar refractivity (Wildman–Crippen MR) is 142 cm³/mol. The molecule has 198 valence electrons. The summed E-state index contributed by atoms with van der Waals surface area (Å²) in [5.41, 5.74) is 5.36. The van der Waals surface area contributed by atoms with Crippen molar-refractivity contribution in [2.75, 3.05) is 58.8 Å². The maximum atomic E-state index is 13.7. The number of urea groups is 1. The molecule has 2 saturated heterocycles. The van der Waals surface area contributed by atoms with Crippen LogP contribution in [0.25, 0.3) is 5.70 Å². The van der Waals surface area contributed by atoms with E-state index in [1.807, 2.05) is 31.1 Å². The Morgan fingerprint density at radius 1 is 1.13 bits per heavy atom. The summed E-state index contributed by atoms with van der Waals surface area (Å²) in [6.07, 6.45) is 0.954. The van der Waals surface area contributed by atoms with Gasteiger partial charge in [0.2, 0.25) is 0 Å². The molecule has 38 heavy (non-hydrogen) atoms. The van der Waals surface area contributed by atoms with Crippen molar-refractivity contribution < 1.29 is 19.1 Å². The topological polar surface area (TPSA) is 119 Å². The molecular weight excluding hydrogens is 506 g/mol. The molecule has 1 aromatic carbocycles. The van der Waals surface area contributed by atoms with E-state index in [2.05, 4.69) is 25.9 Å². The van der Waals surface area contributed by atoms with Gasteiger partial charge in [-0.3, -0.25) is 15.0 Å². The molecule has 2 aromatic rings. The van der Waals surface area contributed by atoms with Gasteiger partial charge in [0.1, 0.15) is 11.7 Å². The molecule has 0 spiro atoms. The van der Waals surface area contributed by atoms with Crippen molar-refractivity contribution >= 4 is 40.4 Å². The molecule has 3 aliphatic heterocycles. The van der Waals surface area contributed by atoms with Crippen LogP contribution in [0, 0.1) is 0 Å². The number of likely N-dealkylation sites (tertiary alicyclic amines) is 1. The summed E-state index contributed by atoms with van der Waals surface area (Å²) in [6, 6.07) is 8.43. The molecule has 0 bridgehead atoms. The van der Waals surface area contributed by atoms with Crippen LogP contribution in [-0.2, 0) is 4.74 Å². The lowest BCUT2D eigenvalue weighted by molar-refractivity contribution is 0.0207. The molecule has 6 rings (SSSR count). The number of carbonyl (C=O) groups is 3. The predicted octanol–water partition coefficient (Wildman–Crippen LogP) is 3.01. The van der Waals surface area contributed by atoms with Gasteiger partial charge in [-0.05, 0) is 44.3 Å². The molecule has 1 aliphatic carbocycles. The maximum Gasteiger partial charge on any atom is 0.333 e. The number of morpholine rings is 1. The van der Waals surface area contributed by atoms with Crippen molar-refractivity contribution in [3.05, 3.63) is 56.8 Å². The van der Waals surface area contributed by atoms with Crippen molar-refractivity contribution in [2.24, 2.45) is 10.2 Å². The number of nitrogens with zero attached hydrogens (tertiary/aromatic N) is 5. The molecule has 2 unspecified atom stereocenters. The SMILES string of the molecule is CN(C)C1CCN(C(=O)c2ccc(C3=C4C(=O)c5c(NC(=O)NN6CCOCC6)cccc5C4N=N3)s2)C1. The van der Waals surface area contributed by atoms with Gasteiger partial charge >= 0.3 is 6.03 Å². The first-order valence-corrected chi connectivity index (χ1v) is 13.5. The Kier molecular flexibility index (Phi) is 6.56. The Morgan fingerprint density at radius 2 is 1.95 bits per heavy atom. The zero-order valence-electron chi connectivity index (χ0n) is 21.3. The highest BCUT2D eigenvalue weighted by Crippen LogP contribution is 2.49. The van der Waals surface area contributed by atoms with Gasteiger partial charge < -0.3 is 19.9 Å². The fourth-order valence-corrected chi connectivity index (χ4v) is 6.30. The third-order valence-corrected chi connectivity index (χ3v) is 8.49. The number of hydrogen-bond acceptors (Lipinski definition) is 9. The second kappa shape index (κ2) is 10.0. The van der Waals surface area contributed by atoms with Gasteiger partial charge in [0, 0.05) is 32.2 Å². The zero-order valence-corrected chi connectivity index (χ0v) is 22.1. The molecular formula is C26H29N7O4S. The number of hydrogen-bond donors (Lipinski definition) is 2. The number of Topliss-reactive ketones (excluding diaryl/α,β-unsaturated/α-hetero) is 1. The second-order valence-corrected chi connectivity index (χ2v) is 11.0. The van der Waals surface area contributed by atoms with E-state index in [0.29, 0.717) is 71.9 Å². The molecule has 3 amide bonds. The van der Waals surface area contributed by atoms with Crippen LogP contribution in [0.5, 0.6) is 0 Å². The van der Waals surface area contributed by atoms with E-state index in [1.165, 1.54) is 11.3 Å².